The lowest BCUT2D eigenvalue weighted by molar-refractivity contribution is 0.0761. The first-order valence-corrected chi connectivity index (χ1v) is 11.9. The van der Waals surface area contributed by atoms with Crippen molar-refractivity contribution in [3.63, 3.8) is 0 Å². The van der Waals surface area contributed by atoms with Crippen LogP contribution in [-0.2, 0) is 23.4 Å². The van der Waals surface area contributed by atoms with Crippen molar-refractivity contribution in [2.45, 2.75) is 24.8 Å². The predicted octanol–water partition coefficient (Wildman–Crippen LogP) is 2.79. The number of aromatic nitrogens is 2. The van der Waals surface area contributed by atoms with E-state index in [1.54, 1.807) is 9.58 Å². The Labute approximate surface area is 181 Å². The molecule has 10 heteroatoms. The van der Waals surface area contributed by atoms with E-state index in [0.29, 0.717) is 36.9 Å². The van der Waals surface area contributed by atoms with Crippen LogP contribution in [0.4, 0.5) is 0 Å². The highest BCUT2D eigenvalue weighted by Gasteiger charge is 2.24. The molecular formula is C19H24Cl2N4O3S. The Morgan fingerprint density at radius 2 is 1.90 bits per heavy atom. The van der Waals surface area contributed by atoms with Gasteiger partial charge in [0, 0.05) is 51.6 Å². The van der Waals surface area contributed by atoms with Gasteiger partial charge in [-0.1, -0.05) is 23.2 Å². The number of carbonyl (C=O) groups is 1. The van der Waals surface area contributed by atoms with Crippen LogP contribution in [0.15, 0.2) is 23.1 Å². The van der Waals surface area contributed by atoms with E-state index < -0.39 is 9.84 Å². The van der Waals surface area contributed by atoms with Crippen molar-refractivity contribution in [2.75, 3.05) is 32.4 Å². The van der Waals surface area contributed by atoms with E-state index in [0.717, 1.165) is 30.5 Å². The van der Waals surface area contributed by atoms with Crippen molar-refractivity contribution < 1.29 is 13.2 Å². The van der Waals surface area contributed by atoms with Gasteiger partial charge in [0.25, 0.3) is 5.91 Å². The van der Waals surface area contributed by atoms with Crippen molar-refractivity contribution in [3.8, 4) is 0 Å². The molecule has 1 amide bonds. The SMILES string of the molecule is Cc1nn(C)c(Cl)c1CN1CCCN(C(=O)c2ccc(S(C)(=O)=O)cc2Cl)CC1. The van der Waals surface area contributed by atoms with Crippen LogP contribution in [0.2, 0.25) is 10.2 Å². The Balaban J connectivity index is 1.70. The Morgan fingerprint density at radius 1 is 1.17 bits per heavy atom. The number of amides is 1. The van der Waals surface area contributed by atoms with Gasteiger partial charge in [-0.2, -0.15) is 5.10 Å². The largest absolute Gasteiger partial charge is 0.337 e. The van der Waals surface area contributed by atoms with Crippen molar-refractivity contribution in [1.82, 2.24) is 19.6 Å². The summed E-state index contributed by atoms with van der Waals surface area (Å²) < 4.78 is 25.0. The van der Waals surface area contributed by atoms with Gasteiger partial charge in [-0.25, -0.2) is 8.42 Å². The second kappa shape index (κ2) is 8.63. The van der Waals surface area contributed by atoms with Crippen LogP contribution in [-0.4, -0.2) is 66.3 Å². The van der Waals surface area contributed by atoms with Gasteiger partial charge in [0.1, 0.15) is 5.15 Å². The molecule has 0 aliphatic carbocycles. The first kappa shape index (κ1) is 22.1. The molecule has 7 nitrogen and oxygen atoms in total. The topological polar surface area (TPSA) is 75.5 Å². The molecule has 0 radical (unpaired) electrons. The Bertz CT molecular complexity index is 1040. The van der Waals surface area contributed by atoms with Gasteiger partial charge in [-0.15, -0.1) is 0 Å². The van der Waals surface area contributed by atoms with Crippen molar-refractivity contribution >= 4 is 38.9 Å². The lowest BCUT2D eigenvalue weighted by atomic mass is 10.2. The summed E-state index contributed by atoms with van der Waals surface area (Å²) in [6.45, 7) is 5.34. The number of nitrogens with zero attached hydrogens (tertiary/aromatic N) is 4. The van der Waals surface area contributed by atoms with E-state index in [2.05, 4.69) is 10.00 Å². The molecule has 1 aromatic heterocycles. The Hall–Kier alpha value is -1.61. The third kappa shape index (κ3) is 4.94. The minimum Gasteiger partial charge on any atom is -0.337 e. The minimum absolute atomic E-state index is 0.102. The number of aryl methyl sites for hydroxylation is 2. The number of carbonyl (C=O) groups excluding carboxylic acids is 1. The maximum Gasteiger partial charge on any atom is 0.255 e. The molecule has 0 spiro atoms. The second-order valence-electron chi connectivity index (χ2n) is 7.31. The Kier molecular flexibility index (Phi) is 6.57. The fraction of sp³-hybridized carbons (Fsp3) is 0.474. The molecule has 2 heterocycles. The van der Waals surface area contributed by atoms with Gasteiger partial charge in [0.2, 0.25) is 0 Å². The highest BCUT2D eigenvalue weighted by atomic mass is 35.5. The van der Waals surface area contributed by atoms with Gasteiger partial charge in [-0.3, -0.25) is 14.4 Å². The zero-order chi connectivity index (χ0) is 21.3. The zero-order valence-corrected chi connectivity index (χ0v) is 19.0. The number of benzene rings is 1. The maximum absolute atomic E-state index is 12.9. The number of sulfone groups is 1. The summed E-state index contributed by atoms with van der Waals surface area (Å²) >= 11 is 12.6. The molecule has 0 atom stereocenters. The van der Waals surface area contributed by atoms with Crippen LogP contribution in [0.25, 0.3) is 0 Å². The molecule has 1 aliphatic heterocycles. The summed E-state index contributed by atoms with van der Waals surface area (Å²) in [7, 11) is -1.55. The van der Waals surface area contributed by atoms with Gasteiger partial charge in [-0.05, 0) is 31.5 Å². The lowest BCUT2D eigenvalue weighted by Crippen LogP contribution is -2.35. The normalized spacial score (nSPS) is 16.1. The standard InChI is InChI=1S/C19H24Cl2N4O3S/c1-13-16(18(21)23(2)22-13)12-24-7-4-8-25(10-9-24)19(26)15-6-5-14(11-17(15)20)29(3,27)28/h5-6,11H,4,7-10,12H2,1-3H3. The van der Waals surface area contributed by atoms with Crippen LogP contribution >= 0.6 is 23.2 Å². The lowest BCUT2D eigenvalue weighted by Gasteiger charge is -2.22. The molecule has 1 aromatic carbocycles. The van der Waals surface area contributed by atoms with Crippen molar-refractivity contribution in [1.29, 1.82) is 0 Å². The summed E-state index contributed by atoms with van der Waals surface area (Å²) in [5, 5.41) is 5.14. The second-order valence-corrected chi connectivity index (χ2v) is 10.1. The minimum atomic E-state index is -3.37. The molecule has 1 aliphatic rings. The van der Waals surface area contributed by atoms with Gasteiger partial charge >= 0.3 is 0 Å². The highest BCUT2D eigenvalue weighted by Crippen LogP contribution is 2.24. The summed E-state index contributed by atoms with van der Waals surface area (Å²) in [5.41, 5.74) is 2.24. The molecule has 0 bridgehead atoms. The molecular weight excluding hydrogens is 435 g/mol. The average molecular weight is 459 g/mol. The zero-order valence-electron chi connectivity index (χ0n) is 16.7. The van der Waals surface area contributed by atoms with E-state index in [4.69, 9.17) is 23.2 Å². The maximum atomic E-state index is 12.9. The fourth-order valence-corrected chi connectivity index (χ4v) is 4.69. The quantitative estimate of drug-likeness (QED) is 0.703. The first-order chi connectivity index (χ1) is 13.6. The molecule has 1 fully saturated rings. The van der Waals surface area contributed by atoms with Crippen molar-refractivity contribution in [2.24, 2.45) is 7.05 Å². The molecule has 3 rings (SSSR count). The third-order valence-corrected chi connectivity index (χ3v) is 7.02. The monoisotopic (exact) mass is 458 g/mol. The summed E-state index contributed by atoms with van der Waals surface area (Å²) in [6.07, 6.45) is 1.93. The van der Waals surface area contributed by atoms with Crippen LogP contribution < -0.4 is 0 Å². The fourth-order valence-electron chi connectivity index (χ4n) is 3.48. The molecule has 2 aromatic rings. The van der Waals surface area contributed by atoms with Crippen LogP contribution in [0.3, 0.4) is 0 Å². The van der Waals surface area contributed by atoms with Crippen molar-refractivity contribution in [3.05, 3.63) is 45.2 Å². The van der Waals surface area contributed by atoms with Crippen LogP contribution in [0.1, 0.15) is 28.0 Å². The van der Waals surface area contributed by atoms with E-state index in [9.17, 15) is 13.2 Å². The van der Waals surface area contributed by atoms with Gasteiger partial charge < -0.3 is 4.90 Å². The molecule has 1 saturated heterocycles. The number of rotatable bonds is 4. The van der Waals surface area contributed by atoms with Crippen LogP contribution in [0.5, 0.6) is 0 Å². The van der Waals surface area contributed by atoms with E-state index in [1.807, 2.05) is 14.0 Å². The average Bonchev–Trinajstić information content (AvgIpc) is 2.82. The van der Waals surface area contributed by atoms with E-state index in [-0.39, 0.29) is 15.8 Å². The number of hydrogen-bond donors (Lipinski definition) is 0. The molecule has 158 valence electrons. The summed E-state index contributed by atoms with van der Waals surface area (Å²) in [6, 6.07) is 4.25. The van der Waals surface area contributed by atoms with E-state index >= 15 is 0 Å². The summed E-state index contributed by atoms with van der Waals surface area (Å²) in [5.74, 6) is -0.188. The number of halogens is 2. The predicted molar refractivity (Wildman–Crippen MR) is 113 cm³/mol. The summed E-state index contributed by atoms with van der Waals surface area (Å²) in [4.78, 5) is 17.1. The smallest absolute Gasteiger partial charge is 0.255 e. The van der Waals surface area contributed by atoms with Gasteiger partial charge in [0.05, 0.1) is 21.2 Å². The third-order valence-electron chi connectivity index (χ3n) is 5.13. The molecule has 0 unspecified atom stereocenters. The van der Waals surface area contributed by atoms with E-state index in [1.165, 1.54) is 18.2 Å². The van der Waals surface area contributed by atoms with Gasteiger partial charge in [0.15, 0.2) is 9.84 Å². The molecule has 0 saturated carbocycles. The molecule has 29 heavy (non-hydrogen) atoms. The number of hydrogen-bond acceptors (Lipinski definition) is 5. The highest BCUT2D eigenvalue weighted by molar-refractivity contribution is 7.90. The van der Waals surface area contributed by atoms with Crippen LogP contribution in [0, 0.1) is 6.92 Å². The molecule has 0 N–H and O–H groups in total. The first-order valence-electron chi connectivity index (χ1n) is 9.27. The Morgan fingerprint density at radius 3 is 2.48 bits per heavy atom.